The third-order valence-electron chi connectivity index (χ3n) is 2.55. The standard InChI is InChI=1S/C12H19N3O2/c1-4-15-8-10(5-6-11(15)16)14-12(17)9(2)7-13-3/h5-6,8-9,13H,4,7H2,1-3H3,(H,14,17). The molecule has 0 aliphatic heterocycles. The van der Waals surface area contributed by atoms with Crippen molar-refractivity contribution in [1.82, 2.24) is 9.88 Å². The summed E-state index contributed by atoms with van der Waals surface area (Å²) >= 11 is 0. The zero-order chi connectivity index (χ0) is 12.8. The van der Waals surface area contributed by atoms with Crippen molar-refractivity contribution in [3.8, 4) is 0 Å². The predicted molar refractivity (Wildman–Crippen MR) is 68.1 cm³/mol. The number of carbonyl (C=O) groups excluding carboxylic acids is 1. The Morgan fingerprint density at radius 2 is 2.18 bits per heavy atom. The summed E-state index contributed by atoms with van der Waals surface area (Å²) in [7, 11) is 1.81. The van der Waals surface area contributed by atoms with Crippen molar-refractivity contribution in [2.24, 2.45) is 5.92 Å². The van der Waals surface area contributed by atoms with Gasteiger partial charge in [0, 0.05) is 31.3 Å². The minimum Gasteiger partial charge on any atom is -0.325 e. The molecule has 0 bridgehead atoms. The van der Waals surface area contributed by atoms with Gasteiger partial charge in [-0.05, 0) is 20.0 Å². The molecule has 5 heteroatoms. The largest absolute Gasteiger partial charge is 0.325 e. The Hall–Kier alpha value is -1.62. The summed E-state index contributed by atoms with van der Waals surface area (Å²) < 4.78 is 1.55. The van der Waals surface area contributed by atoms with E-state index in [1.807, 2.05) is 13.8 Å². The van der Waals surface area contributed by atoms with Crippen molar-refractivity contribution in [3.05, 3.63) is 28.7 Å². The maximum atomic E-state index is 11.7. The van der Waals surface area contributed by atoms with Gasteiger partial charge in [-0.15, -0.1) is 0 Å². The van der Waals surface area contributed by atoms with Crippen molar-refractivity contribution in [3.63, 3.8) is 0 Å². The molecule has 17 heavy (non-hydrogen) atoms. The molecular formula is C12H19N3O2. The van der Waals surface area contributed by atoms with Crippen molar-refractivity contribution >= 4 is 11.6 Å². The zero-order valence-corrected chi connectivity index (χ0v) is 10.5. The van der Waals surface area contributed by atoms with Crippen molar-refractivity contribution in [2.75, 3.05) is 18.9 Å². The first-order chi connectivity index (χ1) is 8.08. The monoisotopic (exact) mass is 237 g/mol. The molecule has 5 nitrogen and oxygen atoms in total. The number of pyridine rings is 1. The fraction of sp³-hybridized carbons (Fsp3) is 0.500. The molecule has 1 aromatic rings. The second kappa shape index (κ2) is 6.20. The van der Waals surface area contributed by atoms with Gasteiger partial charge in [0.25, 0.3) is 5.56 Å². The molecule has 1 amide bonds. The molecular weight excluding hydrogens is 218 g/mol. The van der Waals surface area contributed by atoms with Crippen LogP contribution in [0, 0.1) is 5.92 Å². The lowest BCUT2D eigenvalue weighted by molar-refractivity contribution is -0.119. The number of rotatable bonds is 5. The predicted octanol–water partition coefficient (Wildman–Crippen LogP) is 0.662. The van der Waals surface area contributed by atoms with Gasteiger partial charge in [-0.25, -0.2) is 0 Å². The van der Waals surface area contributed by atoms with Crippen LogP contribution in [0.25, 0.3) is 0 Å². The number of aromatic nitrogens is 1. The molecule has 0 saturated carbocycles. The highest BCUT2D eigenvalue weighted by Gasteiger charge is 2.11. The molecule has 0 radical (unpaired) electrons. The van der Waals surface area contributed by atoms with Crippen molar-refractivity contribution in [1.29, 1.82) is 0 Å². The van der Waals surface area contributed by atoms with Crippen LogP contribution in [0.2, 0.25) is 0 Å². The summed E-state index contributed by atoms with van der Waals surface area (Å²) in [5, 5.41) is 5.74. The SMILES string of the molecule is CCn1cc(NC(=O)C(C)CNC)ccc1=O. The van der Waals surface area contributed by atoms with E-state index < -0.39 is 0 Å². The second-order valence-corrected chi connectivity index (χ2v) is 3.99. The van der Waals surface area contributed by atoms with Gasteiger partial charge in [0.2, 0.25) is 5.91 Å². The number of aryl methyl sites for hydroxylation is 1. The number of hydrogen-bond acceptors (Lipinski definition) is 3. The van der Waals surface area contributed by atoms with E-state index >= 15 is 0 Å². The van der Waals surface area contributed by atoms with Gasteiger partial charge in [-0.1, -0.05) is 6.92 Å². The van der Waals surface area contributed by atoms with Crippen molar-refractivity contribution in [2.45, 2.75) is 20.4 Å². The molecule has 94 valence electrons. The van der Waals surface area contributed by atoms with Crippen molar-refractivity contribution < 1.29 is 4.79 Å². The van der Waals surface area contributed by atoms with E-state index in [1.165, 1.54) is 6.07 Å². The fourth-order valence-corrected chi connectivity index (χ4v) is 1.52. The average molecular weight is 237 g/mol. The molecule has 1 aromatic heterocycles. The maximum absolute atomic E-state index is 11.7. The number of anilines is 1. The molecule has 0 saturated heterocycles. The zero-order valence-electron chi connectivity index (χ0n) is 10.5. The number of nitrogens with zero attached hydrogens (tertiary/aromatic N) is 1. The third-order valence-corrected chi connectivity index (χ3v) is 2.55. The third kappa shape index (κ3) is 3.71. The molecule has 1 rings (SSSR count). The highest BCUT2D eigenvalue weighted by atomic mass is 16.2. The van der Waals surface area contributed by atoms with E-state index in [-0.39, 0.29) is 17.4 Å². The van der Waals surface area contributed by atoms with Gasteiger partial charge >= 0.3 is 0 Å². The molecule has 0 fully saturated rings. The number of amides is 1. The van der Waals surface area contributed by atoms with Crippen LogP contribution in [0.5, 0.6) is 0 Å². The first kappa shape index (κ1) is 13.4. The summed E-state index contributed by atoms with van der Waals surface area (Å²) in [5.41, 5.74) is 0.591. The van der Waals surface area contributed by atoms with E-state index in [0.29, 0.717) is 18.8 Å². The number of hydrogen-bond donors (Lipinski definition) is 2. The summed E-state index contributed by atoms with van der Waals surface area (Å²) in [6.07, 6.45) is 1.66. The first-order valence-corrected chi connectivity index (χ1v) is 5.74. The van der Waals surface area contributed by atoms with Crippen LogP contribution in [-0.2, 0) is 11.3 Å². The Morgan fingerprint density at radius 3 is 2.76 bits per heavy atom. The maximum Gasteiger partial charge on any atom is 0.250 e. The Bertz CT molecular complexity index is 440. The van der Waals surface area contributed by atoms with Crippen LogP contribution in [0.3, 0.4) is 0 Å². The highest BCUT2D eigenvalue weighted by Crippen LogP contribution is 2.06. The molecule has 0 aliphatic rings. The minimum atomic E-state index is -0.109. The quantitative estimate of drug-likeness (QED) is 0.791. The summed E-state index contributed by atoms with van der Waals surface area (Å²) in [6, 6.07) is 3.08. The Labute approximate surface area is 101 Å². The van der Waals surface area contributed by atoms with Crippen LogP contribution in [0.1, 0.15) is 13.8 Å². The second-order valence-electron chi connectivity index (χ2n) is 3.99. The van der Waals surface area contributed by atoms with Gasteiger partial charge in [-0.3, -0.25) is 9.59 Å². The lowest BCUT2D eigenvalue weighted by Gasteiger charge is -2.12. The van der Waals surface area contributed by atoms with Crippen LogP contribution in [0.4, 0.5) is 5.69 Å². The Morgan fingerprint density at radius 1 is 1.47 bits per heavy atom. The van der Waals surface area contributed by atoms with E-state index in [4.69, 9.17) is 0 Å². The highest BCUT2D eigenvalue weighted by molar-refractivity contribution is 5.92. The fourth-order valence-electron chi connectivity index (χ4n) is 1.52. The summed E-state index contributed by atoms with van der Waals surface area (Å²) in [5.74, 6) is -0.164. The molecule has 1 heterocycles. The van der Waals surface area contributed by atoms with E-state index in [1.54, 1.807) is 23.9 Å². The lowest BCUT2D eigenvalue weighted by atomic mass is 10.1. The molecule has 0 aromatic carbocycles. The van der Waals surface area contributed by atoms with Crippen LogP contribution in [0.15, 0.2) is 23.1 Å². The summed E-state index contributed by atoms with van der Waals surface area (Å²) in [6.45, 7) is 4.95. The van der Waals surface area contributed by atoms with Crippen LogP contribution < -0.4 is 16.2 Å². The average Bonchev–Trinajstić information content (AvgIpc) is 2.31. The molecule has 1 atom stereocenters. The van der Waals surface area contributed by atoms with E-state index in [0.717, 1.165) is 0 Å². The van der Waals surface area contributed by atoms with Crippen LogP contribution in [-0.4, -0.2) is 24.1 Å². The van der Waals surface area contributed by atoms with Gasteiger partial charge < -0.3 is 15.2 Å². The Balaban J connectivity index is 2.75. The molecule has 0 aliphatic carbocycles. The van der Waals surface area contributed by atoms with Gasteiger partial charge in [0.05, 0.1) is 5.69 Å². The van der Waals surface area contributed by atoms with Crippen LogP contribution >= 0.6 is 0 Å². The van der Waals surface area contributed by atoms with Gasteiger partial charge in [0.1, 0.15) is 0 Å². The van der Waals surface area contributed by atoms with E-state index in [9.17, 15) is 9.59 Å². The Kier molecular flexibility index (Phi) is 4.90. The first-order valence-electron chi connectivity index (χ1n) is 5.74. The lowest BCUT2D eigenvalue weighted by Crippen LogP contribution is -2.29. The van der Waals surface area contributed by atoms with Gasteiger partial charge in [-0.2, -0.15) is 0 Å². The molecule has 0 spiro atoms. The smallest absolute Gasteiger partial charge is 0.250 e. The molecule has 2 N–H and O–H groups in total. The molecule has 1 unspecified atom stereocenters. The minimum absolute atomic E-state index is 0.0550. The number of nitrogens with one attached hydrogen (secondary N) is 2. The number of carbonyl (C=O) groups is 1. The van der Waals surface area contributed by atoms with E-state index in [2.05, 4.69) is 10.6 Å². The van der Waals surface area contributed by atoms with Gasteiger partial charge in [0.15, 0.2) is 0 Å². The normalized spacial score (nSPS) is 12.2. The summed E-state index contributed by atoms with van der Waals surface area (Å²) in [4.78, 5) is 23.1. The topological polar surface area (TPSA) is 63.1 Å².